The summed E-state index contributed by atoms with van der Waals surface area (Å²) in [6.45, 7) is 0.467. The highest BCUT2D eigenvalue weighted by Gasteiger charge is 2.34. The van der Waals surface area contributed by atoms with Crippen molar-refractivity contribution < 1.29 is 19.1 Å². The number of nitrogens with one attached hydrogen (secondary N) is 2. The minimum Gasteiger partial charge on any atom is -0.465 e. The molecular weight excluding hydrogens is 584 g/mol. The summed E-state index contributed by atoms with van der Waals surface area (Å²) in [6.07, 6.45) is 1.46. The number of nitrogens with zero attached hydrogens (tertiary/aromatic N) is 2. The van der Waals surface area contributed by atoms with Crippen LogP contribution >= 0.6 is 23.4 Å². The highest BCUT2D eigenvalue weighted by molar-refractivity contribution is 7.99. The standard InChI is InChI=1S/C33H29ClN4O4S/c1-42-32(40)24-13-11-23(12-14-24)18-20-43-25-15-16-29-26(21-25)30(31(39)38(29)19-17-22-7-3-2-4-8-22)36-37-33(41)35-28-10-6-5-9-27(28)34/h2-16,21H,17-20H2,1H3,(H2,35,37,41). The van der Waals surface area contributed by atoms with Crippen LogP contribution in [0.4, 0.5) is 16.2 Å². The molecule has 0 aliphatic carbocycles. The second-order valence-corrected chi connectivity index (χ2v) is 11.2. The van der Waals surface area contributed by atoms with Gasteiger partial charge in [-0.25, -0.2) is 15.0 Å². The van der Waals surface area contributed by atoms with Gasteiger partial charge < -0.3 is 15.0 Å². The average molecular weight is 613 g/mol. The van der Waals surface area contributed by atoms with Crippen molar-refractivity contribution in [1.82, 2.24) is 5.43 Å². The summed E-state index contributed by atoms with van der Waals surface area (Å²) in [4.78, 5) is 40.5. The molecule has 0 saturated carbocycles. The minimum atomic E-state index is -0.610. The molecule has 0 fully saturated rings. The van der Waals surface area contributed by atoms with Crippen LogP contribution in [0.5, 0.6) is 0 Å². The number of rotatable bonds is 10. The third kappa shape index (κ3) is 7.43. The van der Waals surface area contributed by atoms with Crippen LogP contribution in [0.2, 0.25) is 5.02 Å². The van der Waals surface area contributed by atoms with E-state index in [4.69, 9.17) is 16.3 Å². The number of thioether (sulfide) groups is 1. The second kappa shape index (κ2) is 14.0. The van der Waals surface area contributed by atoms with E-state index < -0.39 is 6.03 Å². The van der Waals surface area contributed by atoms with Gasteiger partial charge in [0.05, 0.1) is 29.1 Å². The van der Waals surface area contributed by atoms with Crippen LogP contribution in [-0.4, -0.2) is 43.0 Å². The van der Waals surface area contributed by atoms with Gasteiger partial charge in [0.25, 0.3) is 5.91 Å². The van der Waals surface area contributed by atoms with E-state index in [1.807, 2.05) is 60.7 Å². The molecule has 0 aromatic heterocycles. The van der Waals surface area contributed by atoms with E-state index >= 15 is 0 Å². The number of esters is 1. The SMILES string of the molecule is COC(=O)c1ccc(CCSc2ccc3c(c2)C(=NNC(=O)Nc2ccccc2Cl)C(=O)N3CCc2ccccc2)cc1. The predicted molar refractivity (Wildman–Crippen MR) is 171 cm³/mol. The third-order valence-corrected chi connectivity index (χ3v) is 8.18. The Bertz CT molecular complexity index is 1660. The lowest BCUT2D eigenvalue weighted by Crippen LogP contribution is -2.34. The molecule has 0 radical (unpaired) electrons. The number of halogens is 1. The van der Waals surface area contributed by atoms with E-state index in [2.05, 4.69) is 15.8 Å². The van der Waals surface area contributed by atoms with Crippen molar-refractivity contribution in [3.63, 3.8) is 0 Å². The lowest BCUT2D eigenvalue weighted by Gasteiger charge is -2.17. The number of amides is 3. The van der Waals surface area contributed by atoms with E-state index in [0.717, 1.165) is 33.9 Å². The number of fused-ring (bicyclic) bond motifs is 1. The first kappa shape index (κ1) is 29.9. The number of urea groups is 1. The van der Waals surface area contributed by atoms with Gasteiger partial charge >= 0.3 is 12.0 Å². The van der Waals surface area contributed by atoms with Crippen LogP contribution in [0.25, 0.3) is 0 Å². The molecule has 10 heteroatoms. The average Bonchev–Trinajstić information content (AvgIpc) is 3.29. The zero-order valence-corrected chi connectivity index (χ0v) is 25.0. The second-order valence-electron chi connectivity index (χ2n) is 9.66. The topological polar surface area (TPSA) is 100 Å². The summed E-state index contributed by atoms with van der Waals surface area (Å²) in [5, 5.41) is 7.29. The number of methoxy groups -OCH3 is 1. The van der Waals surface area contributed by atoms with Crippen LogP contribution in [0.1, 0.15) is 27.0 Å². The summed E-state index contributed by atoms with van der Waals surface area (Å²) in [7, 11) is 1.36. The number of hydrogen-bond donors (Lipinski definition) is 2. The van der Waals surface area contributed by atoms with Gasteiger partial charge in [0.15, 0.2) is 5.71 Å². The molecule has 5 rings (SSSR count). The van der Waals surface area contributed by atoms with Gasteiger partial charge in [-0.3, -0.25) is 4.79 Å². The largest absolute Gasteiger partial charge is 0.465 e. The van der Waals surface area contributed by atoms with Gasteiger partial charge in [-0.15, -0.1) is 11.8 Å². The summed E-state index contributed by atoms with van der Waals surface area (Å²) in [6, 6.07) is 29.4. The Morgan fingerprint density at radius 2 is 1.63 bits per heavy atom. The monoisotopic (exact) mass is 612 g/mol. The summed E-state index contributed by atoms with van der Waals surface area (Å²) in [5.41, 5.74) is 7.19. The smallest absolute Gasteiger partial charge is 0.339 e. The summed E-state index contributed by atoms with van der Waals surface area (Å²) < 4.78 is 4.76. The first-order chi connectivity index (χ1) is 20.9. The van der Waals surface area contributed by atoms with Crippen LogP contribution in [0.3, 0.4) is 0 Å². The van der Waals surface area contributed by atoms with Gasteiger partial charge in [-0.05, 0) is 66.4 Å². The maximum atomic E-state index is 13.6. The Hall–Kier alpha value is -4.60. The van der Waals surface area contributed by atoms with Crippen molar-refractivity contribution in [2.24, 2.45) is 5.10 Å². The quantitative estimate of drug-likeness (QED) is 0.120. The molecule has 43 heavy (non-hydrogen) atoms. The first-order valence-corrected chi connectivity index (χ1v) is 15.0. The van der Waals surface area contributed by atoms with Gasteiger partial charge in [0, 0.05) is 22.8 Å². The molecule has 4 aromatic rings. The van der Waals surface area contributed by atoms with E-state index in [1.54, 1.807) is 53.1 Å². The molecule has 0 atom stereocenters. The molecule has 1 aliphatic rings. The zero-order chi connectivity index (χ0) is 30.2. The molecule has 0 saturated heterocycles. The lowest BCUT2D eigenvalue weighted by molar-refractivity contribution is -0.112. The molecule has 3 amide bonds. The van der Waals surface area contributed by atoms with Crippen molar-refractivity contribution in [2.45, 2.75) is 17.7 Å². The van der Waals surface area contributed by atoms with E-state index in [-0.39, 0.29) is 17.6 Å². The van der Waals surface area contributed by atoms with E-state index in [9.17, 15) is 14.4 Å². The fraction of sp³-hybridized carbons (Fsp3) is 0.152. The molecule has 0 spiro atoms. The first-order valence-electron chi connectivity index (χ1n) is 13.6. The van der Waals surface area contributed by atoms with E-state index in [1.165, 1.54) is 7.11 Å². The van der Waals surface area contributed by atoms with Crippen molar-refractivity contribution >= 4 is 58.4 Å². The summed E-state index contributed by atoms with van der Waals surface area (Å²) in [5.74, 6) is 0.143. The van der Waals surface area contributed by atoms with Crippen LogP contribution in [0.15, 0.2) is 107 Å². The van der Waals surface area contributed by atoms with Crippen LogP contribution < -0.4 is 15.6 Å². The van der Waals surface area contributed by atoms with Gasteiger partial charge in [-0.2, -0.15) is 5.10 Å². The maximum absolute atomic E-state index is 13.6. The van der Waals surface area contributed by atoms with Crippen molar-refractivity contribution in [3.05, 3.63) is 124 Å². The molecule has 4 aromatic carbocycles. The van der Waals surface area contributed by atoms with Crippen LogP contribution in [0, 0.1) is 0 Å². The number of para-hydroxylation sites is 1. The van der Waals surface area contributed by atoms with E-state index in [0.29, 0.717) is 34.8 Å². The third-order valence-electron chi connectivity index (χ3n) is 6.85. The Labute approximate surface area is 259 Å². The predicted octanol–water partition coefficient (Wildman–Crippen LogP) is 6.58. The molecule has 0 unspecified atom stereocenters. The van der Waals surface area contributed by atoms with Gasteiger partial charge in [0.1, 0.15) is 0 Å². The van der Waals surface area contributed by atoms with Crippen molar-refractivity contribution in [3.8, 4) is 0 Å². The number of ether oxygens (including phenoxy) is 1. The number of carbonyl (C=O) groups is 3. The number of hydrogen-bond acceptors (Lipinski definition) is 6. The minimum absolute atomic E-state index is 0.165. The molecular formula is C33H29ClN4O4S. The van der Waals surface area contributed by atoms with Crippen molar-refractivity contribution in [1.29, 1.82) is 0 Å². The number of aryl methyl sites for hydroxylation is 1. The Kier molecular flexibility index (Phi) is 9.76. The molecule has 2 N–H and O–H groups in total. The van der Waals surface area contributed by atoms with Gasteiger partial charge in [0.2, 0.25) is 0 Å². The maximum Gasteiger partial charge on any atom is 0.339 e. The number of carbonyl (C=O) groups excluding carboxylic acids is 3. The molecule has 0 bridgehead atoms. The van der Waals surface area contributed by atoms with Crippen LogP contribution in [-0.2, 0) is 22.4 Å². The number of anilines is 2. The lowest BCUT2D eigenvalue weighted by atomic mass is 10.1. The summed E-state index contributed by atoms with van der Waals surface area (Å²) >= 11 is 7.80. The Balaban J connectivity index is 1.31. The Morgan fingerprint density at radius 3 is 2.37 bits per heavy atom. The molecule has 8 nitrogen and oxygen atoms in total. The molecule has 218 valence electrons. The highest BCUT2D eigenvalue weighted by atomic mass is 35.5. The zero-order valence-electron chi connectivity index (χ0n) is 23.4. The normalized spacial score (nSPS) is 13.1. The van der Waals surface area contributed by atoms with Gasteiger partial charge in [-0.1, -0.05) is 66.2 Å². The fourth-order valence-corrected chi connectivity index (χ4v) is 5.75. The number of hydrazone groups is 1. The fourth-order valence-electron chi connectivity index (χ4n) is 4.63. The Morgan fingerprint density at radius 1 is 0.907 bits per heavy atom. The molecule has 1 aliphatic heterocycles. The van der Waals surface area contributed by atoms with Crippen molar-refractivity contribution in [2.75, 3.05) is 29.6 Å². The number of benzene rings is 4. The molecule has 1 heterocycles. The highest BCUT2D eigenvalue weighted by Crippen LogP contribution is 2.33.